The Morgan fingerprint density at radius 2 is 1.91 bits per heavy atom. The van der Waals surface area contributed by atoms with Crippen molar-refractivity contribution in [2.75, 3.05) is 39.9 Å². The summed E-state index contributed by atoms with van der Waals surface area (Å²) in [4.78, 5) is 15.4. The molecule has 4 atom stereocenters. The van der Waals surface area contributed by atoms with Gasteiger partial charge in [-0.3, -0.25) is 4.79 Å². The Morgan fingerprint density at radius 1 is 1.15 bits per heavy atom. The molecule has 0 bridgehead atoms. The highest BCUT2D eigenvalue weighted by Crippen LogP contribution is 2.34. The van der Waals surface area contributed by atoms with Crippen LogP contribution in [0.1, 0.15) is 78.6 Å². The molecule has 0 spiro atoms. The topological polar surface area (TPSA) is 77.7 Å². The molecule has 1 saturated heterocycles. The monoisotopic (exact) mass is 477 g/mol. The summed E-state index contributed by atoms with van der Waals surface area (Å²) >= 11 is 0. The van der Waals surface area contributed by atoms with E-state index in [1.165, 1.54) is 57.1 Å². The average molecular weight is 478 g/mol. The van der Waals surface area contributed by atoms with Gasteiger partial charge in [-0.15, -0.1) is 0 Å². The molecule has 1 amide bonds. The van der Waals surface area contributed by atoms with E-state index in [0.29, 0.717) is 30.5 Å². The second-order valence-electron chi connectivity index (χ2n) is 10.5. The van der Waals surface area contributed by atoms with Crippen molar-refractivity contribution >= 4 is 5.91 Å². The normalized spacial score (nSPS) is 30.5. The predicted molar refractivity (Wildman–Crippen MR) is 140 cm³/mol. The molecule has 4 N–H and O–H groups in total. The highest BCUT2D eigenvalue weighted by atomic mass is 16.5. The maximum Gasteiger partial charge on any atom is 0.237 e. The Hall–Kier alpha value is -1.31. The Morgan fingerprint density at radius 3 is 2.59 bits per heavy atom. The van der Waals surface area contributed by atoms with Crippen LogP contribution >= 0.6 is 0 Å². The van der Waals surface area contributed by atoms with E-state index in [-0.39, 0.29) is 18.0 Å². The van der Waals surface area contributed by atoms with Gasteiger partial charge in [0, 0.05) is 69.2 Å². The molecule has 3 aliphatic rings. The van der Waals surface area contributed by atoms with Crippen LogP contribution in [0.4, 0.5) is 0 Å². The smallest absolute Gasteiger partial charge is 0.237 e. The minimum Gasteiger partial charge on any atom is -0.393 e. The van der Waals surface area contributed by atoms with Crippen molar-refractivity contribution in [2.24, 2.45) is 11.8 Å². The van der Waals surface area contributed by atoms with Gasteiger partial charge in [-0.2, -0.15) is 0 Å². The number of hydrogen-bond acceptors (Lipinski definition) is 6. The maximum atomic E-state index is 12.9. The number of amides is 1. The van der Waals surface area contributed by atoms with E-state index in [9.17, 15) is 4.79 Å². The summed E-state index contributed by atoms with van der Waals surface area (Å²) in [6, 6.07) is 1.41. The minimum absolute atomic E-state index is 0.00629. The number of nitrogens with zero attached hydrogens (tertiary/aromatic N) is 1. The number of fused-ring (bicyclic) bond motifs is 1. The molecule has 2 aliphatic carbocycles. The highest BCUT2D eigenvalue weighted by Gasteiger charge is 2.38. The largest absolute Gasteiger partial charge is 0.393 e. The molecule has 196 valence electrons. The van der Waals surface area contributed by atoms with Crippen LogP contribution in [0, 0.1) is 11.8 Å². The second kappa shape index (κ2) is 14.3. The van der Waals surface area contributed by atoms with Crippen molar-refractivity contribution in [2.45, 2.75) is 103 Å². The van der Waals surface area contributed by atoms with Crippen LogP contribution in [0.5, 0.6) is 0 Å². The van der Waals surface area contributed by atoms with E-state index in [1.807, 2.05) is 14.0 Å². The van der Waals surface area contributed by atoms with Crippen LogP contribution in [0.3, 0.4) is 0 Å². The van der Waals surface area contributed by atoms with E-state index in [0.717, 1.165) is 32.7 Å². The van der Waals surface area contributed by atoms with Crippen LogP contribution in [0.25, 0.3) is 0 Å². The van der Waals surface area contributed by atoms with Crippen LogP contribution in [-0.4, -0.2) is 74.9 Å². The van der Waals surface area contributed by atoms with Gasteiger partial charge in [0.2, 0.25) is 5.91 Å². The standard InChI is InChI=1S/C27H51N5O2/c1-5-32(20(3)18-30-27(33)25-17-22-9-7-8-10-24(22)31-25)26(19-28-4)21-11-13-23(14-12-21)29-15-16-34-6-2/h19-25,28-29,31H,5-18H2,1-4H3,(H,30,33)/b26-19-. The maximum absolute atomic E-state index is 12.9. The molecule has 1 aliphatic heterocycles. The van der Waals surface area contributed by atoms with E-state index in [1.54, 1.807) is 0 Å². The first-order chi connectivity index (χ1) is 16.6. The van der Waals surface area contributed by atoms with Gasteiger partial charge in [0.1, 0.15) is 0 Å². The SMILES string of the molecule is CCOCCNC1CCC(/C(=C/NC)N(CC)C(C)CNC(=O)C2CC3CCCCC3N2)CC1. The first-order valence-electron chi connectivity index (χ1n) is 14.1. The van der Waals surface area contributed by atoms with E-state index in [2.05, 4.69) is 46.2 Å². The fourth-order valence-corrected chi connectivity index (χ4v) is 6.41. The van der Waals surface area contributed by atoms with Crippen molar-refractivity contribution in [3.63, 3.8) is 0 Å². The fourth-order valence-electron chi connectivity index (χ4n) is 6.41. The van der Waals surface area contributed by atoms with Crippen LogP contribution in [0.2, 0.25) is 0 Å². The quantitative estimate of drug-likeness (QED) is 0.306. The van der Waals surface area contributed by atoms with Crippen molar-refractivity contribution < 1.29 is 9.53 Å². The molecule has 2 saturated carbocycles. The van der Waals surface area contributed by atoms with E-state index >= 15 is 0 Å². The molecule has 3 fully saturated rings. The Labute approximate surface area is 208 Å². The molecule has 0 radical (unpaired) electrons. The number of carbonyl (C=O) groups excluding carboxylic acids is 1. The van der Waals surface area contributed by atoms with Crippen molar-refractivity contribution in [1.29, 1.82) is 0 Å². The molecule has 7 nitrogen and oxygen atoms in total. The first-order valence-corrected chi connectivity index (χ1v) is 14.1. The van der Waals surface area contributed by atoms with E-state index in [4.69, 9.17) is 4.74 Å². The Kier molecular flexibility index (Phi) is 11.5. The molecule has 7 heteroatoms. The van der Waals surface area contributed by atoms with Gasteiger partial charge in [-0.25, -0.2) is 0 Å². The molecular formula is C27H51N5O2. The summed E-state index contributed by atoms with van der Waals surface area (Å²) in [5.41, 5.74) is 1.39. The summed E-state index contributed by atoms with van der Waals surface area (Å²) in [5.74, 6) is 1.45. The minimum atomic E-state index is -0.00629. The van der Waals surface area contributed by atoms with Gasteiger partial charge >= 0.3 is 0 Å². The molecule has 0 aromatic rings. The number of allylic oxidation sites excluding steroid dienone is 1. The van der Waals surface area contributed by atoms with Crippen LogP contribution in [-0.2, 0) is 9.53 Å². The van der Waals surface area contributed by atoms with Crippen molar-refractivity contribution in [3.05, 3.63) is 11.9 Å². The van der Waals surface area contributed by atoms with Gasteiger partial charge in [-0.1, -0.05) is 12.8 Å². The number of likely N-dealkylation sites (N-methyl/N-ethyl adjacent to an activating group) is 1. The zero-order chi connectivity index (χ0) is 24.3. The third-order valence-corrected chi connectivity index (χ3v) is 8.28. The lowest BCUT2D eigenvalue weighted by Gasteiger charge is -2.39. The second-order valence-corrected chi connectivity index (χ2v) is 10.5. The van der Waals surface area contributed by atoms with Gasteiger partial charge in [-0.05, 0) is 71.6 Å². The molecule has 4 unspecified atom stereocenters. The number of hydrogen-bond donors (Lipinski definition) is 4. The lowest BCUT2D eigenvalue weighted by atomic mass is 9.83. The third-order valence-electron chi connectivity index (χ3n) is 8.28. The summed E-state index contributed by atoms with van der Waals surface area (Å²) < 4.78 is 5.46. The fraction of sp³-hybridized carbons (Fsp3) is 0.889. The molecule has 0 aromatic heterocycles. The van der Waals surface area contributed by atoms with Gasteiger partial charge in [0.15, 0.2) is 0 Å². The van der Waals surface area contributed by atoms with Gasteiger partial charge in [0.05, 0.1) is 12.6 Å². The predicted octanol–water partition coefficient (Wildman–Crippen LogP) is 2.98. The molecule has 34 heavy (non-hydrogen) atoms. The summed E-state index contributed by atoms with van der Waals surface area (Å²) in [7, 11) is 1.99. The van der Waals surface area contributed by atoms with Gasteiger partial charge < -0.3 is 30.9 Å². The molecule has 3 rings (SSSR count). The van der Waals surface area contributed by atoms with Crippen LogP contribution < -0.4 is 21.3 Å². The Bertz CT molecular complexity index is 621. The number of carbonyl (C=O) groups is 1. The lowest BCUT2D eigenvalue weighted by molar-refractivity contribution is -0.123. The third kappa shape index (κ3) is 7.59. The molecule has 0 aromatic carbocycles. The number of nitrogens with one attached hydrogen (secondary N) is 4. The highest BCUT2D eigenvalue weighted by molar-refractivity contribution is 5.82. The van der Waals surface area contributed by atoms with Gasteiger partial charge in [0.25, 0.3) is 0 Å². The lowest BCUT2D eigenvalue weighted by Crippen LogP contribution is -2.48. The zero-order valence-corrected chi connectivity index (χ0v) is 22.2. The summed E-state index contributed by atoms with van der Waals surface area (Å²) in [5, 5.41) is 13.9. The first kappa shape index (κ1) is 27.3. The van der Waals surface area contributed by atoms with E-state index < -0.39 is 0 Å². The summed E-state index contributed by atoms with van der Waals surface area (Å²) in [6.07, 6.45) is 13.2. The molecular weight excluding hydrogens is 426 g/mol. The summed E-state index contributed by atoms with van der Waals surface area (Å²) in [6.45, 7) is 10.7. The number of rotatable bonds is 13. The molecule has 1 heterocycles. The average Bonchev–Trinajstić information content (AvgIpc) is 3.30. The van der Waals surface area contributed by atoms with Crippen molar-refractivity contribution in [3.8, 4) is 0 Å². The Balaban J connectivity index is 1.47. The zero-order valence-electron chi connectivity index (χ0n) is 22.2. The number of ether oxygens (including phenoxy) is 1. The van der Waals surface area contributed by atoms with Crippen LogP contribution in [0.15, 0.2) is 11.9 Å². The van der Waals surface area contributed by atoms with Crippen molar-refractivity contribution in [1.82, 2.24) is 26.2 Å².